The maximum atomic E-state index is 12.2. The number of nitrogens with zero attached hydrogens (tertiary/aromatic N) is 4. The first kappa shape index (κ1) is 13.4. The number of halogens is 1. The molecule has 0 N–H and O–H groups in total. The molecule has 1 aromatic rings. The van der Waals surface area contributed by atoms with Gasteiger partial charge in [-0.2, -0.15) is 15.1 Å². The molecule has 1 saturated carbocycles. The van der Waals surface area contributed by atoms with Crippen LogP contribution < -0.4 is 0 Å². The molecule has 1 amide bonds. The molecule has 5 nitrogen and oxygen atoms in total. The zero-order valence-electron chi connectivity index (χ0n) is 11.8. The molecule has 0 bridgehead atoms. The van der Waals surface area contributed by atoms with Gasteiger partial charge in [0.15, 0.2) is 0 Å². The third-order valence-corrected chi connectivity index (χ3v) is 4.25. The minimum atomic E-state index is -0.331. The van der Waals surface area contributed by atoms with E-state index in [1.165, 1.54) is 5.01 Å². The van der Waals surface area contributed by atoms with Crippen LogP contribution in [0.3, 0.4) is 0 Å². The van der Waals surface area contributed by atoms with E-state index in [2.05, 4.69) is 15.1 Å². The molecule has 3 aliphatic rings. The van der Waals surface area contributed by atoms with Crippen molar-refractivity contribution in [2.24, 2.45) is 15.1 Å². The summed E-state index contributed by atoms with van der Waals surface area (Å²) < 4.78 is 0. The Morgan fingerprint density at radius 2 is 1.86 bits per heavy atom. The van der Waals surface area contributed by atoms with Gasteiger partial charge in [0.1, 0.15) is 5.70 Å². The van der Waals surface area contributed by atoms with E-state index < -0.39 is 0 Å². The molecule has 0 radical (unpaired) electrons. The summed E-state index contributed by atoms with van der Waals surface area (Å²) in [6.45, 7) is 0. The van der Waals surface area contributed by atoms with E-state index in [1.54, 1.807) is 12.1 Å². The molecule has 1 fully saturated rings. The van der Waals surface area contributed by atoms with Crippen LogP contribution in [0.2, 0.25) is 5.02 Å². The van der Waals surface area contributed by atoms with E-state index in [1.807, 2.05) is 18.2 Å². The van der Waals surface area contributed by atoms with Crippen molar-refractivity contribution in [3.05, 3.63) is 40.5 Å². The van der Waals surface area contributed by atoms with Gasteiger partial charge in [-0.1, -0.05) is 29.8 Å². The Bertz CT molecular complexity index is 791. The fourth-order valence-corrected chi connectivity index (χ4v) is 2.96. The Morgan fingerprint density at radius 1 is 1.09 bits per heavy atom. The topological polar surface area (TPSA) is 57.4 Å². The summed E-state index contributed by atoms with van der Waals surface area (Å²) in [6, 6.07) is 7.36. The maximum Gasteiger partial charge on any atom is 0.299 e. The van der Waals surface area contributed by atoms with Crippen LogP contribution in [-0.4, -0.2) is 28.3 Å². The van der Waals surface area contributed by atoms with Gasteiger partial charge in [-0.05, 0) is 43.4 Å². The molecule has 6 heteroatoms. The molecule has 22 heavy (non-hydrogen) atoms. The first-order valence-corrected chi connectivity index (χ1v) is 7.65. The zero-order chi connectivity index (χ0) is 15.1. The molecule has 0 saturated heterocycles. The molecule has 0 spiro atoms. The molecule has 0 unspecified atom stereocenters. The number of hydrogen-bond acceptors (Lipinski definition) is 4. The standard InChI is InChI=1S/C16H13ClN4O/c17-11-6-2-1-5-10(11)9-14-15(22)19-16-18-12-7-3-4-8-13(12)20-21(14)16/h1-2,5-6,9H,3-4,7-8H2. The summed E-state index contributed by atoms with van der Waals surface area (Å²) in [7, 11) is 0. The summed E-state index contributed by atoms with van der Waals surface area (Å²) in [5, 5.41) is 6.70. The fraction of sp³-hybridized carbons (Fsp3) is 0.250. The van der Waals surface area contributed by atoms with Crippen LogP contribution in [0.1, 0.15) is 31.2 Å². The molecule has 1 aromatic carbocycles. The lowest BCUT2D eigenvalue weighted by Gasteiger charge is -2.24. The van der Waals surface area contributed by atoms with Gasteiger partial charge in [0.25, 0.3) is 11.9 Å². The third kappa shape index (κ3) is 2.18. The Balaban J connectivity index is 1.75. The molecule has 0 atom stereocenters. The van der Waals surface area contributed by atoms with Crippen LogP contribution in [0.15, 0.2) is 45.0 Å². The number of carbonyl (C=O) groups is 1. The van der Waals surface area contributed by atoms with E-state index in [0.717, 1.165) is 42.7 Å². The second-order valence-electron chi connectivity index (χ2n) is 5.39. The van der Waals surface area contributed by atoms with Gasteiger partial charge in [0.05, 0.1) is 11.4 Å². The number of guanidine groups is 1. The molecule has 2 aliphatic heterocycles. The molecule has 2 heterocycles. The molecule has 110 valence electrons. The highest BCUT2D eigenvalue weighted by molar-refractivity contribution is 6.45. The highest BCUT2D eigenvalue weighted by Crippen LogP contribution is 2.28. The Morgan fingerprint density at radius 3 is 2.68 bits per heavy atom. The number of fused-ring (bicyclic) bond motifs is 2. The number of aliphatic imine (C=N–C) groups is 2. The summed E-state index contributed by atoms with van der Waals surface area (Å²) in [5.74, 6) is 0.0335. The summed E-state index contributed by atoms with van der Waals surface area (Å²) in [5.41, 5.74) is 3.09. The minimum Gasteiger partial charge on any atom is -0.265 e. The smallest absolute Gasteiger partial charge is 0.265 e. The Hall–Kier alpha value is -2.27. The van der Waals surface area contributed by atoms with Crippen LogP contribution in [0, 0.1) is 0 Å². The van der Waals surface area contributed by atoms with E-state index in [9.17, 15) is 4.79 Å². The van der Waals surface area contributed by atoms with Crippen molar-refractivity contribution in [2.75, 3.05) is 0 Å². The van der Waals surface area contributed by atoms with E-state index in [-0.39, 0.29) is 5.91 Å². The van der Waals surface area contributed by atoms with Gasteiger partial charge in [0, 0.05) is 5.02 Å². The van der Waals surface area contributed by atoms with Crippen molar-refractivity contribution < 1.29 is 4.79 Å². The van der Waals surface area contributed by atoms with Gasteiger partial charge in [-0.25, -0.2) is 4.99 Å². The van der Waals surface area contributed by atoms with Gasteiger partial charge in [-0.3, -0.25) is 4.79 Å². The van der Waals surface area contributed by atoms with E-state index in [0.29, 0.717) is 16.7 Å². The second-order valence-corrected chi connectivity index (χ2v) is 5.80. The minimum absolute atomic E-state index is 0.331. The Kier molecular flexibility index (Phi) is 3.15. The summed E-state index contributed by atoms with van der Waals surface area (Å²) in [6.07, 6.45) is 5.74. The zero-order valence-corrected chi connectivity index (χ0v) is 12.5. The van der Waals surface area contributed by atoms with Crippen LogP contribution in [0.5, 0.6) is 0 Å². The van der Waals surface area contributed by atoms with Gasteiger partial charge >= 0.3 is 0 Å². The van der Waals surface area contributed by atoms with Crippen LogP contribution in [0.4, 0.5) is 0 Å². The number of carbonyl (C=O) groups excluding carboxylic acids is 1. The number of amides is 1. The van der Waals surface area contributed by atoms with Crippen molar-refractivity contribution in [3.63, 3.8) is 0 Å². The van der Waals surface area contributed by atoms with Gasteiger partial charge in [-0.15, -0.1) is 0 Å². The van der Waals surface area contributed by atoms with Crippen molar-refractivity contribution >= 4 is 41.0 Å². The van der Waals surface area contributed by atoms with Crippen LogP contribution in [-0.2, 0) is 4.79 Å². The average Bonchev–Trinajstić information content (AvgIpc) is 2.82. The average molecular weight is 313 g/mol. The lowest BCUT2D eigenvalue weighted by atomic mass is 9.96. The summed E-state index contributed by atoms with van der Waals surface area (Å²) in [4.78, 5) is 20.7. The lowest BCUT2D eigenvalue weighted by Crippen LogP contribution is -2.33. The predicted molar refractivity (Wildman–Crippen MR) is 87.0 cm³/mol. The van der Waals surface area contributed by atoms with Crippen LogP contribution >= 0.6 is 11.6 Å². The molecule has 4 rings (SSSR count). The monoisotopic (exact) mass is 312 g/mol. The maximum absolute atomic E-state index is 12.2. The van der Waals surface area contributed by atoms with Gasteiger partial charge in [0.2, 0.25) is 0 Å². The quantitative estimate of drug-likeness (QED) is 0.747. The number of hydrogen-bond donors (Lipinski definition) is 0. The van der Waals surface area contributed by atoms with Crippen LogP contribution in [0.25, 0.3) is 6.08 Å². The Labute approximate surface area is 132 Å². The molecule has 1 aliphatic carbocycles. The van der Waals surface area contributed by atoms with E-state index >= 15 is 0 Å². The molecular formula is C16H13ClN4O. The lowest BCUT2D eigenvalue weighted by molar-refractivity contribution is -0.114. The number of benzene rings is 1. The van der Waals surface area contributed by atoms with E-state index in [4.69, 9.17) is 11.6 Å². The molecule has 0 aromatic heterocycles. The highest BCUT2D eigenvalue weighted by atomic mass is 35.5. The molecular weight excluding hydrogens is 300 g/mol. The highest BCUT2D eigenvalue weighted by Gasteiger charge is 2.34. The van der Waals surface area contributed by atoms with Crippen molar-refractivity contribution in [3.8, 4) is 0 Å². The van der Waals surface area contributed by atoms with Gasteiger partial charge < -0.3 is 0 Å². The third-order valence-electron chi connectivity index (χ3n) is 3.90. The van der Waals surface area contributed by atoms with Crippen molar-refractivity contribution in [1.29, 1.82) is 0 Å². The number of hydrazone groups is 1. The second kappa shape index (κ2) is 5.18. The first-order chi connectivity index (χ1) is 10.7. The predicted octanol–water partition coefficient (Wildman–Crippen LogP) is 3.26. The SMILES string of the molecule is O=C1N=C2N=C3CCCCC3=NN2C1=Cc1ccccc1Cl. The fourth-order valence-electron chi connectivity index (χ4n) is 2.77. The van der Waals surface area contributed by atoms with Crippen molar-refractivity contribution in [1.82, 2.24) is 5.01 Å². The normalized spacial score (nSPS) is 22.0. The largest absolute Gasteiger partial charge is 0.299 e. The summed E-state index contributed by atoms with van der Waals surface area (Å²) >= 11 is 6.16. The first-order valence-electron chi connectivity index (χ1n) is 7.27. The number of rotatable bonds is 1. The van der Waals surface area contributed by atoms with Crippen molar-refractivity contribution in [2.45, 2.75) is 25.7 Å².